The van der Waals surface area contributed by atoms with Gasteiger partial charge in [0, 0.05) is 19.2 Å². The Labute approximate surface area is 139 Å². The molecular weight excluding hydrogens is 312 g/mol. The van der Waals surface area contributed by atoms with Crippen LogP contribution in [0.1, 0.15) is 6.92 Å². The summed E-state index contributed by atoms with van der Waals surface area (Å²) in [7, 11) is 3.31. The van der Waals surface area contributed by atoms with Crippen LogP contribution in [0.25, 0.3) is 10.6 Å². The van der Waals surface area contributed by atoms with Gasteiger partial charge < -0.3 is 15.4 Å². The Morgan fingerprint density at radius 3 is 3.09 bits per heavy atom. The van der Waals surface area contributed by atoms with Gasteiger partial charge in [0.15, 0.2) is 0 Å². The van der Waals surface area contributed by atoms with Crippen molar-refractivity contribution in [2.24, 2.45) is 10.9 Å². The van der Waals surface area contributed by atoms with Crippen LogP contribution in [-0.2, 0) is 4.79 Å². The summed E-state index contributed by atoms with van der Waals surface area (Å²) >= 11 is 1.43. The first-order valence-electron chi connectivity index (χ1n) is 7.19. The number of ether oxygens (including phenoxy) is 1. The monoisotopic (exact) mass is 332 g/mol. The number of thiazole rings is 1. The molecule has 6 nitrogen and oxygen atoms in total. The molecule has 23 heavy (non-hydrogen) atoms. The number of benzene rings is 1. The number of nitrogens with one attached hydrogen (secondary N) is 2. The second-order valence-electron chi connectivity index (χ2n) is 4.95. The van der Waals surface area contributed by atoms with Crippen LogP contribution >= 0.6 is 11.3 Å². The van der Waals surface area contributed by atoms with Gasteiger partial charge in [-0.15, -0.1) is 0 Å². The molecule has 122 valence electrons. The largest absolute Gasteiger partial charge is 0.497 e. The SMILES string of the molecule is CN=CNC[C@@H](C)C(=O)Nc1cnc(-c2cccc(OC)c2)s1. The Hall–Kier alpha value is -2.41. The lowest BCUT2D eigenvalue weighted by Crippen LogP contribution is -2.29. The minimum Gasteiger partial charge on any atom is -0.497 e. The summed E-state index contributed by atoms with van der Waals surface area (Å²) in [6.07, 6.45) is 3.25. The Bertz CT molecular complexity index is 684. The van der Waals surface area contributed by atoms with Crippen molar-refractivity contribution >= 4 is 28.6 Å². The molecule has 1 atom stereocenters. The Morgan fingerprint density at radius 1 is 1.52 bits per heavy atom. The first-order chi connectivity index (χ1) is 11.1. The van der Waals surface area contributed by atoms with E-state index in [1.54, 1.807) is 26.7 Å². The van der Waals surface area contributed by atoms with Crippen LogP contribution in [0.2, 0.25) is 0 Å². The van der Waals surface area contributed by atoms with Crippen LogP contribution in [0.15, 0.2) is 35.5 Å². The number of carbonyl (C=O) groups is 1. The molecule has 1 heterocycles. The van der Waals surface area contributed by atoms with Gasteiger partial charge in [0.05, 0.1) is 25.6 Å². The highest BCUT2D eigenvalue weighted by Crippen LogP contribution is 2.30. The van der Waals surface area contributed by atoms with E-state index in [0.29, 0.717) is 6.54 Å². The van der Waals surface area contributed by atoms with Crippen molar-refractivity contribution in [3.8, 4) is 16.3 Å². The van der Waals surface area contributed by atoms with E-state index in [0.717, 1.165) is 21.3 Å². The van der Waals surface area contributed by atoms with E-state index in [1.807, 2.05) is 31.2 Å². The van der Waals surface area contributed by atoms with Gasteiger partial charge >= 0.3 is 0 Å². The average Bonchev–Trinajstić information content (AvgIpc) is 3.03. The third-order valence-corrected chi connectivity index (χ3v) is 4.12. The summed E-state index contributed by atoms with van der Waals surface area (Å²) in [5.41, 5.74) is 0.962. The fraction of sp³-hybridized carbons (Fsp3) is 0.312. The standard InChI is InChI=1S/C16H20N4O2S/c1-11(8-18-10-17-2)15(21)20-14-9-19-16(23-14)12-5-4-6-13(7-12)22-3/h4-7,9-11H,8H2,1-3H3,(H,17,18)(H,20,21)/t11-/m1/s1. The van der Waals surface area contributed by atoms with Crippen molar-refractivity contribution in [2.75, 3.05) is 26.0 Å². The number of anilines is 1. The maximum atomic E-state index is 12.1. The van der Waals surface area contributed by atoms with Gasteiger partial charge in [0.1, 0.15) is 15.8 Å². The molecule has 0 unspecified atom stereocenters. The second-order valence-corrected chi connectivity index (χ2v) is 5.98. The lowest BCUT2D eigenvalue weighted by Gasteiger charge is -2.10. The van der Waals surface area contributed by atoms with Crippen molar-refractivity contribution in [1.29, 1.82) is 0 Å². The minimum absolute atomic E-state index is 0.0529. The van der Waals surface area contributed by atoms with Gasteiger partial charge in [-0.2, -0.15) is 0 Å². The molecule has 7 heteroatoms. The molecule has 1 aromatic carbocycles. The maximum Gasteiger partial charge on any atom is 0.229 e. The highest BCUT2D eigenvalue weighted by Gasteiger charge is 2.14. The number of hydrogen-bond acceptors (Lipinski definition) is 5. The molecular formula is C16H20N4O2S. The predicted molar refractivity (Wildman–Crippen MR) is 94.3 cm³/mol. The average molecular weight is 332 g/mol. The van der Waals surface area contributed by atoms with E-state index in [9.17, 15) is 4.79 Å². The van der Waals surface area contributed by atoms with Gasteiger partial charge in [-0.3, -0.25) is 9.79 Å². The third-order valence-electron chi connectivity index (χ3n) is 3.16. The molecule has 1 amide bonds. The van der Waals surface area contributed by atoms with E-state index in [1.165, 1.54) is 11.3 Å². The van der Waals surface area contributed by atoms with Gasteiger partial charge in [-0.05, 0) is 12.1 Å². The summed E-state index contributed by atoms with van der Waals surface area (Å²) < 4.78 is 5.22. The molecule has 0 radical (unpaired) electrons. The summed E-state index contributed by atoms with van der Waals surface area (Å²) in [6.45, 7) is 2.39. The van der Waals surface area contributed by atoms with Crippen LogP contribution in [0.5, 0.6) is 5.75 Å². The molecule has 0 spiro atoms. The Morgan fingerprint density at radius 2 is 2.35 bits per heavy atom. The van der Waals surface area contributed by atoms with Gasteiger partial charge in [-0.25, -0.2) is 4.98 Å². The molecule has 0 aliphatic carbocycles. The van der Waals surface area contributed by atoms with E-state index in [-0.39, 0.29) is 11.8 Å². The highest BCUT2D eigenvalue weighted by atomic mass is 32.1. The summed E-state index contributed by atoms with van der Waals surface area (Å²) in [4.78, 5) is 20.3. The number of amides is 1. The van der Waals surface area contributed by atoms with Gasteiger partial charge in [-0.1, -0.05) is 30.4 Å². The van der Waals surface area contributed by atoms with Crippen LogP contribution in [0, 0.1) is 5.92 Å². The van der Waals surface area contributed by atoms with E-state index in [4.69, 9.17) is 4.74 Å². The number of methoxy groups -OCH3 is 1. The van der Waals surface area contributed by atoms with Crippen LogP contribution in [0.4, 0.5) is 5.00 Å². The van der Waals surface area contributed by atoms with Crippen molar-refractivity contribution in [1.82, 2.24) is 10.3 Å². The quantitative estimate of drug-likeness (QED) is 0.604. The van der Waals surface area contributed by atoms with Gasteiger partial charge in [0.25, 0.3) is 0 Å². The summed E-state index contributed by atoms with van der Waals surface area (Å²) in [6, 6.07) is 7.68. The molecule has 0 aliphatic rings. The van der Waals surface area contributed by atoms with E-state index in [2.05, 4.69) is 20.6 Å². The predicted octanol–water partition coefficient (Wildman–Crippen LogP) is 2.64. The van der Waals surface area contributed by atoms with Crippen molar-refractivity contribution in [3.05, 3.63) is 30.5 Å². The summed E-state index contributed by atoms with van der Waals surface area (Å²) in [5.74, 6) is 0.554. The highest BCUT2D eigenvalue weighted by molar-refractivity contribution is 7.19. The summed E-state index contributed by atoms with van der Waals surface area (Å²) in [5, 5.41) is 7.42. The zero-order valence-corrected chi connectivity index (χ0v) is 14.2. The zero-order chi connectivity index (χ0) is 16.7. The molecule has 0 fully saturated rings. The molecule has 2 N–H and O–H groups in total. The minimum atomic E-state index is -0.171. The first-order valence-corrected chi connectivity index (χ1v) is 8.01. The Kier molecular flexibility index (Phi) is 6.10. The number of hydrogen-bond donors (Lipinski definition) is 2. The topological polar surface area (TPSA) is 75.6 Å². The number of aliphatic imine (C=N–C) groups is 1. The van der Waals surface area contributed by atoms with Crippen molar-refractivity contribution in [2.45, 2.75) is 6.92 Å². The maximum absolute atomic E-state index is 12.1. The lowest BCUT2D eigenvalue weighted by molar-refractivity contribution is -0.119. The number of carbonyl (C=O) groups excluding carboxylic acids is 1. The zero-order valence-electron chi connectivity index (χ0n) is 13.4. The van der Waals surface area contributed by atoms with Gasteiger partial charge in [0.2, 0.25) is 5.91 Å². The molecule has 0 bridgehead atoms. The number of nitrogens with zero attached hydrogens (tertiary/aromatic N) is 2. The van der Waals surface area contributed by atoms with Crippen LogP contribution in [0.3, 0.4) is 0 Å². The van der Waals surface area contributed by atoms with Crippen LogP contribution in [-0.4, -0.2) is 37.9 Å². The van der Waals surface area contributed by atoms with Crippen LogP contribution < -0.4 is 15.4 Å². The van der Waals surface area contributed by atoms with Crippen molar-refractivity contribution < 1.29 is 9.53 Å². The Balaban J connectivity index is 2.00. The van der Waals surface area contributed by atoms with E-state index >= 15 is 0 Å². The molecule has 2 aromatic rings. The number of aromatic nitrogens is 1. The normalized spacial score (nSPS) is 12.1. The second kappa shape index (κ2) is 8.28. The third kappa shape index (κ3) is 4.79. The van der Waals surface area contributed by atoms with Crippen molar-refractivity contribution in [3.63, 3.8) is 0 Å². The molecule has 1 aromatic heterocycles. The molecule has 0 saturated heterocycles. The first kappa shape index (κ1) is 17.0. The fourth-order valence-corrected chi connectivity index (χ4v) is 2.70. The molecule has 0 saturated carbocycles. The molecule has 2 rings (SSSR count). The molecule has 0 aliphatic heterocycles. The fourth-order valence-electron chi connectivity index (χ4n) is 1.88. The lowest BCUT2D eigenvalue weighted by atomic mass is 10.1. The smallest absolute Gasteiger partial charge is 0.229 e. The van der Waals surface area contributed by atoms with E-state index < -0.39 is 0 Å². The number of rotatable bonds is 7.